The summed E-state index contributed by atoms with van der Waals surface area (Å²) in [5, 5.41) is 9.22. The Bertz CT molecular complexity index is 465. The fourth-order valence-corrected chi connectivity index (χ4v) is 2.37. The molecule has 96 valence electrons. The van der Waals surface area contributed by atoms with Crippen LogP contribution in [-0.4, -0.2) is 31.8 Å². The molecule has 2 rings (SSSR count). The van der Waals surface area contributed by atoms with Crippen LogP contribution in [0.5, 0.6) is 0 Å². The van der Waals surface area contributed by atoms with E-state index in [0.717, 1.165) is 29.9 Å². The molecule has 2 unspecified atom stereocenters. The molecule has 0 amide bonds. The van der Waals surface area contributed by atoms with Crippen LogP contribution >= 0.6 is 0 Å². The SMILES string of the molecule is Cc1cccc(C#N)c1N1CCOC(C(C)N)C1. The van der Waals surface area contributed by atoms with Crippen molar-refractivity contribution in [3.8, 4) is 6.07 Å². The first kappa shape index (κ1) is 12.9. The van der Waals surface area contributed by atoms with Gasteiger partial charge in [-0.2, -0.15) is 5.26 Å². The first-order chi connectivity index (χ1) is 8.63. The fourth-order valence-electron chi connectivity index (χ4n) is 2.37. The Balaban J connectivity index is 2.29. The number of nitriles is 1. The first-order valence-corrected chi connectivity index (χ1v) is 6.25. The molecule has 0 radical (unpaired) electrons. The molecular weight excluding hydrogens is 226 g/mol. The quantitative estimate of drug-likeness (QED) is 0.856. The normalized spacial score (nSPS) is 21.4. The van der Waals surface area contributed by atoms with Gasteiger partial charge < -0.3 is 15.4 Å². The third kappa shape index (κ3) is 2.47. The van der Waals surface area contributed by atoms with Crippen LogP contribution in [0.3, 0.4) is 0 Å². The van der Waals surface area contributed by atoms with Gasteiger partial charge in [-0.3, -0.25) is 0 Å². The number of morpholine rings is 1. The highest BCUT2D eigenvalue weighted by Crippen LogP contribution is 2.26. The van der Waals surface area contributed by atoms with Gasteiger partial charge in [-0.25, -0.2) is 0 Å². The third-order valence-corrected chi connectivity index (χ3v) is 3.35. The van der Waals surface area contributed by atoms with Crippen molar-refractivity contribution in [3.05, 3.63) is 29.3 Å². The van der Waals surface area contributed by atoms with Crippen LogP contribution in [0.15, 0.2) is 18.2 Å². The molecule has 2 atom stereocenters. The Kier molecular flexibility index (Phi) is 3.85. The summed E-state index contributed by atoms with van der Waals surface area (Å²) in [5.41, 5.74) is 8.77. The predicted octanol–water partition coefficient (Wildman–Crippen LogP) is 1.42. The van der Waals surface area contributed by atoms with Crippen LogP contribution in [0.1, 0.15) is 18.1 Å². The molecule has 1 aliphatic rings. The van der Waals surface area contributed by atoms with Crippen LogP contribution in [0.2, 0.25) is 0 Å². The van der Waals surface area contributed by atoms with E-state index in [2.05, 4.69) is 11.0 Å². The van der Waals surface area contributed by atoms with Crippen molar-refractivity contribution in [2.24, 2.45) is 5.73 Å². The van der Waals surface area contributed by atoms with Gasteiger partial charge in [0.25, 0.3) is 0 Å². The highest BCUT2D eigenvalue weighted by molar-refractivity contribution is 5.64. The van der Waals surface area contributed by atoms with E-state index in [1.54, 1.807) is 0 Å². The number of aryl methyl sites for hydroxylation is 1. The highest BCUT2D eigenvalue weighted by atomic mass is 16.5. The van der Waals surface area contributed by atoms with Crippen molar-refractivity contribution >= 4 is 5.69 Å². The number of hydrogen-bond donors (Lipinski definition) is 1. The largest absolute Gasteiger partial charge is 0.373 e. The van der Waals surface area contributed by atoms with Gasteiger partial charge in [-0.1, -0.05) is 12.1 Å². The zero-order valence-corrected chi connectivity index (χ0v) is 10.9. The Labute approximate surface area is 108 Å². The highest BCUT2D eigenvalue weighted by Gasteiger charge is 2.25. The van der Waals surface area contributed by atoms with Gasteiger partial charge in [0.2, 0.25) is 0 Å². The average Bonchev–Trinajstić information content (AvgIpc) is 2.38. The second-order valence-corrected chi connectivity index (χ2v) is 4.80. The van der Waals surface area contributed by atoms with E-state index in [1.807, 2.05) is 32.0 Å². The molecule has 1 aliphatic heterocycles. The smallest absolute Gasteiger partial charge is 0.101 e. The monoisotopic (exact) mass is 245 g/mol. The molecule has 0 aliphatic carbocycles. The number of nitrogens with zero attached hydrogens (tertiary/aromatic N) is 2. The van der Waals surface area contributed by atoms with Crippen molar-refractivity contribution < 1.29 is 4.74 Å². The summed E-state index contributed by atoms with van der Waals surface area (Å²) in [6.07, 6.45) is 0.0323. The molecule has 1 fully saturated rings. The van der Waals surface area contributed by atoms with Crippen molar-refractivity contribution in [1.29, 1.82) is 5.26 Å². The number of nitrogens with two attached hydrogens (primary N) is 1. The summed E-state index contributed by atoms with van der Waals surface area (Å²) in [4.78, 5) is 2.21. The van der Waals surface area contributed by atoms with E-state index in [4.69, 9.17) is 10.5 Å². The fraction of sp³-hybridized carbons (Fsp3) is 0.500. The van der Waals surface area contributed by atoms with Gasteiger partial charge >= 0.3 is 0 Å². The minimum absolute atomic E-state index is 0.00218. The van der Waals surface area contributed by atoms with Crippen LogP contribution in [0, 0.1) is 18.3 Å². The van der Waals surface area contributed by atoms with Crippen LogP contribution in [0.4, 0.5) is 5.69 Å². The molecular formula is C14H19N3O. The Morgan fingerprint density at radius 3 is 3.00 bits per heavy atom. The van der Waals surface area contributed by atoms with Crippen molar-refractivity contribution in [3.63, 3.8) is 0 Å². The van der Waals surface area contributed by atoms with E-state index < -0.39 is 0 Å². The number of hydrogen-bond acceptors (Lipinski definition) is 4. The molecule has 1 aromatic carbocycles. The topological polar surface area (TPSA) is 62.3 Å². The molecule has 1 aromatic rings. The van der Waals surface area contributed by atoms with Gasteiger partial charge in [0.05, 0.1) is 24.0 Å². The standard InChI is InChI=1S/C14H19N3O/c1-10-4-3-5-12(8-15)14(10)17-6-7-18-13(9-17)11(2)16/h3-5,11,13H,6-7,9,16H2,1-2H3. The molecule has 1 heterocycles. The first-order valence-electron chi connectivity index (χ1n) is 6.25. The minimum atomic E-state index is 0.00218. The Hall–Kier alpha value is -1.57. The van der Waals surface area contributed by atoms with Gasteiger partial charge in [0.15, 0.2) is 0 Å². The molecule has 0 saturated carbocycles. The lowest BCUT2D eigenvalue weighted by Crippen LogP contribution is -2.50. The minimum Gasteiger partial charge on any atom is -0.373 e. The van der Waals surface area contributed by atoms with E-state index in [9.17, 15) is 5.26 Å². The van der Waals surface area contributed by atoms with Crippen LogP contribution < -0.4 is 10.6 Å². The maximum Gasteiger partial charge on any atom is 0.101 e. The maximum absolute atomic E-state index is 9.22. The van der Waals surface area contributed by atoms with Crippen molar-refractivity contribution in [2.45, 2.75) is 26.0 Å². The van der Waals surface area contributed by atoms with Crippen LogP contribution in [-0.2, 0) is 4.74 Å². The number of anilines is 1. The van der Waals surface area contributed by atoms with Gasteiger partial charge in [0.1, 0.15) is 6.07 Å². The molecule has 0 aromatic heterocycles. The third-order valence-electron chi connectivity index (χ3n) is 3.35. The molecule has 4 heteroatoms. The average molecular weight is 245 g/mol. The second kappa shape index (κ2) is 5.38. The molecule has 1 saturated heterocycles. The zero-order valence-electron chi connectivity index (χ0n) is 10.9. The van der Waals surface area contributed by atoms with Gasteiger partial charge in [-0.05, 0) is 25.5 Å². The molecule has 2 N–H and O–H groups in total. The summed E-state index contributed by atoms with van der Waals surface area (Å²) < 4.78 is 5.65. The molecule has 18 heavy (non-hydrogen) atoms. The molecule has 0 bridgehead atoms. The maximum atomic E-state index is 9.22. The molecule has 0 spiro atoms. The lowest BCUT2D eigenvalue weighted by Gasteiger charge is -2.37. The van der Waals surface area contributed by atoms with Crippen molar-refractivity contribution in [1.82, 2.24) is 0 Å². The van der Waals surface area contributed by atoms with E-state index in [0.29, 0.717) is 6.61 Å². The van der Waals surface area contributed by atoms with Gasteiger partial charge in [0, 0.05) is 19.1 Å². The second-order valence-electron chi connectivity index (χ2n) is 4.80. The predicted molar refractivity (Wildman–Crippen MR) is 71.5 cm³/mol. The number of rotatable bonds is 2. The summed E-state index contributed by atoms with van der Waals surface area (Å²) >= 11 is 0. The summed E-state index contributed by atoms with van der Waals surface area (Å²) in [5.74, 6) is 0. The number of para-hydroxylation sites is 1. The Morgan fingerprint density at radius 2 is 2.33 bits per heavy atom. The lowest BCUT2D eigenvalue weighted by atomic mass is 10.1. The lowest BCUT2D eigenvalue weighted by molar-refractivity contribution is 0.0275. The van der Waals surface area contributed by atoms with E-state index in [1.165, 1.54) is 0 Å². The van der Waals surface area contributed by atoms with Gasteiger partial charge in [-0.15, -0.1) is 0 Å². The van der Waals surface area contributed by atoms with Crippen LogP contribution in [0.25, 0.3) is 0 Å². The zero-order chi connectivity index (χ0) is 13.1. The van der Waals surface area contributed by atoms with E-state index in [-0.39, 0.29) is 12.1 Å². The summed E-state index contributed by atoms with van der Waals surface area (Å²) in [7, 11) is 0. The van der Waals surface area contributed by atoms with Crippen molar-refractivity contribution in [2.75, 3.05) is 24.6 Å². The Morgan fingerprint density at radius 1 is 1.56 bits per heavy atom. The van der Waals surface area contributed by atoms with E-state index >= 15 is 0 Å². The summed E-state index contributed by atoms with van der Waals surface area (Å²) in [6.45, 7) is 6.20. The summed E-state index contributed by atoms with van der Waals surface area (Å²) in [6, 6.07) is 8.08. The number of ether oxygens (including phenoxy) is 1. The number of benzene rings is 1. The molecule has 4 nitrogen and oxygen atoms in total.